The first-order valence-corrected chi connectivity index (χ1v) is 14.5. The molecular formula is C30H45N3O12. The summed E-state index contributed by atoms with van der Waals surface area (Å²) in [5.41, 5.74) is -2.30. The molecule has 0 spiro atoms. The highest BCUT2D eigenvalue weighted by Gasteiger charge is 2.15. The van der Waals surface area contributed by atoms with E-state index in [1.807, 2.05) is 0 Å². The van der Waals surface area contributed by atoms with E-state index in [9.17, 15) is 14.4 Å². The molecule has 15 heteroatoms. The Kier molecular flexibility index (Phi) is 24.9. The summed E-state index contributed by atoms with van der Waals surface area (Å²) in [5.74, 6) is 7.08. The Hall–Kier alpha value is -3.27. The summed E-state index contributed by atoms with van der Waals surface area (Å²) in [5, 5.41) is 0. The third kappa shape index (κ3) is 19.0. The lowest BCUT2D eigenvalue weighted by molar-refractivity contribution is 0.0159. The van der Waals surface area contributed by atoms with Crippen LogP contribution in [0.4, 0.5) is 0 Å². The summed E-state index contributed by atoms with van der Waals surface area (Å²) in [4.78, 5) is 39.3. The van der Waals surface area contributed by atoms with Gasteiger partial charge < -0.3 is 42.6 Å². The molecule has 15 nitrogen and oxygen atoms in total. The smallest absolute Gasteiger partial charge is 0.336 e. The molecule has 0 bridgehead atoms. The molecule has 0 aliphatic carbocycles. The van der Waals surface area contributed by atoms with Crippen molar-refractivity contribution in [1.82, 2.24) is 13.7 Å². The number of aromatic nitrogens is 3. The Morgan fingerprint density at radius 3 is 0.778 bits per heavy atom. The van der Waals surface area contributed by atoms with Crippen molar-refractivity contribution in [1.29, 1.82) is 0 Å². The average Bonchev–Trinajstić information content (AvgIpc) is 3.04. The number of ether oxygens (including phenoxy) is 9. The van der Waals surface area contributed by atoms with Crippen molar-refractivity contribution in [2.24, 2.45) is 0 Å². The Morgan fingerprint density at radius 1 is 0.356 bits per heavy atom. The van der Waals surface area contributed by atoms with Crippen LogP contribution in [0.25, 0.3) is 0 Å². The van der Waals surface area contributed by atoms with Crippen LogP contribution < -0.4 is 17.1 Å². The van der Waals surface area contributed by atoms with E-state index in [0.717, 1.165) is 13.7 Å². The van der Waals surface area contributed by atoms with Gasteiger partial charge in [0.25, 0.3) is 0 Å². The lowest BCUT2D eigenvalue weighted by atomic mass is 10.5. The molecular weight excluding hydrogens is 594 g/mol. The molecule has 0 N–H and O–H groups in total. The van der Waals surface area contributed by atoms with E-state index < -0.39 is 17.1 Å². The molecule has 0 unspecified atom stereocenters. The van der Waals surface area contributed by atoms with Crippen LogP contribution in [0.1, 0.15) is 0 Å². The number of hydrogen-bond acceptors (Lipinski definition) is 12. The van der Waals surface area contributed by atoms with E-state index in [2.05, 4.69) is 17.8 Å². The second-order valence-corrected chi connectivity index (χ2v) is 8.75. The van der Waals surface area contributed by atoms with Crippen LogP contribution in [0, 0.1) is 37.0 Å². The maximum Gasteiger partial charge on any atom is 0.336 e. The topological polar surface area (TPSA) is 149 Å². The predicted octanol–water partition coefficient (Wildman–Crippen LogP) is -1.78. The molecule has 0 radical (unpaired) electrons. The zero-order valence-electron chi connectivity index (χ0n) is 25.8. The van der Waals surface area contributed by atoms with Gasteiger partial charge in [0, 0.05) is 0 Å². The van der Waals surface area contributed by atoms with Crippen LogP contribution in [0.3, 0.4) is 0 Å². The van der Waals surface area contributed by atoms with Gasteiger partial charge in [-0.1, -0.05) is 17.8 Å². The molecule has 0 fully saturated rings. The Balaban J connectivity index is 2.67. The quantitative estimate of drug-likeness (QED) is 0.0692. The fraction of sp³-hybridized carbons (Fsp3) is 0.700. The first-order valence-electron chi connectivity index (χ1n) is 14.5. The molecule has 0 aliphatic rings. The molecule has 1 heterocycles. The summed E-state index contributed by atoms with van der Waals surface area (Å²) in [6.45, 7) is 4.24. The van der Waals surface area contributed by atoms with Crippen molar-refractivity contribution in [3.63, 3.8) is 0 Å². The maximum atomic E-state index is 13.1. The number of nitrogens with zero attached hydrogens (tertiary/aromatic N) is 3. The molecule has 0 aromatic carbocycles. The predicted molar refractivity (Wildman–Crippen MR) is 163 cm³/mol. The van der Waals surface area contributed by atoms with Gasteiger partial charge in [-0.05, 0) is 0 Å². The highest BCUT2D eigenvalue weighted by molar-refractivity contribution is 4.83. The normalized spacial score (nSPS) is 10.9. The van der Waals surface area contributed by atoms with Crippen LogP contribution in [-0.2, 0) is 62.3 Å². The van der Waals surface area contributed by atoms with Gasteiger partial charge in [-0.25, -0.2) is 28.1 Å². The Morgan fingerprint density at radius 2 is 0.556 bits per heavy atom. The van der Waals surface area contributed by atoms with Gasteiger partial charge in [0.05, 0.1) is 119 Å². The SMILES string of the molecule is C#CCOCCOCCOCCn1c(=O)n(CCOCCOCCOCC#C)c(=O)n(CCOCCOCCOCC#C)c1=O. The van der Waals surface area contributed by atoms with E-state index in [0.29, 0.717) is 39.6 Å². The third-order valence-corrected chi connectivity index (χ3v) is 5.55. The number of terminal acetylenes is 3. The Bertz CT molecular complexity index is 1030. The second kappa shape index (κ2) is 28.2. The third-order valence-electron chi connectivity index (χ3n) is 5.55. The molecule has 1 aromatic heterocycles. The van der Waals surface area contributed by atoms with E-state index in [4.69, 9.17) is 61.9 Å². The largest absolute Gasteiger partial charge is 0.377 e. The van der Waals surface area contributed by atoms with E-state index >= 15 is 0 Å². The van der Waals surface area contributed by atoms with Crippen molar-refractivity contribution < 1.29 is 42.6 Å². The lowest BCUT2D eigenvalue weighted by Crippen LogP contribution is -2.55. The van der Waals surface area contributed by atoms with E-state index in [1.165, 1.54) is 0 Å². The summed E-state index contributed by atoms with van der Waals surface area (Å²) >= 11 is 0. The summed E-state index contributed by atoms with van der Waals surface area (Å²) in [6, 6.07) is 0. The first-order chi connectivity index (χ1) is 22.1. The first kappa shape index (κ1) is 39.8. The van der Waals surface area contributed by atoms with Gasteiger partial charge in [0.1, 0.15) is 19.8 Å². The fourth-order valence-corrected chi connectivity index (χ4v) is 3.44. The van der Waals surface area contributed by atoms with Gasteiger partial charge in [0.2, 0.25) is 0 Å². The molecule has 0 aliphatic heterocycles. The van der Waals surface area contributed by atoms with Gasteiger partial charge in [0.15, 0.2) is 0 Å². The van der Waals surface area contributed by atoms with Crippen LogP contribution in [0.5, 0.6) is 0 Å². The summed E-state index contributed by atoms with van der Waals surface area (Å²) in [7, 11) is 0. The fourth-order valence-electron chi connectivity index (χ4n) is 3.44. The zero-order chi connectivity index (χ0) is 32.8. The van der Waals surface area contributed by atoms with Crippen LogP contribution in [0.2, 0.25) is 0 Å². The molecule has 1 aromatic rings. The van der Waals surface area contributed by atoms with Crippen LogP contribution in [0.15, 0.2) is 14.4 Å². The number of hydrogen-bond donors (Lipinski definition) is 0. The molecule has 1 rings (SSSR count). The minimum absolute atomic E-state index is 0.0437. The van der Waals surface area contributed by atoms with Crippen molar-refractivity contribution in [2.45, 2.75) is 19.6 Å². The maximum absolute atomic E-state index is 13.1. The van der Waals surface area contributed by atoms with Crippen LogP contribution >= 0.6 is 0 Å². The van der Waals surface area contributed by atoms with Crippen LogP contribution in [-0.4, -0.2) is 133 Å². The van der Waals surface area contributed by atoms with Gasteiger partial charge in [-0.3, -0.25) is 0 Å². The molecule has 0 saturated carbocycles. The highest BCUT2D eigenvalue weighted by Crippen LogP contribution is 1.87. The van der Waals surface area contributed by atoms with E-state index in [1.54, 1.807) is 0 Å². The van der Waals surface area contributed by atoms with Crippen molar-refractivity contribution >= 4 is 0 Å². The molecule has 0 amide bonds. The zero-order valence-corrected chi connectivity index (χ0v) is 25.8. The van der Waals surface area contributed by atoms with Gasteiger partial charge >= 0.3 is 17.1 Å². The lowest BCUT2D eigenvalue weighted by Gasteiger charge is -2.15. The highest BCUT2D eigenvalue weighted by atomic mass is 16.6. The van der Waals surface area contributed by atoms with Crippen molar-refractivity contribution in [2.75, 3.05) is 119 Å². The standard InChI is InChI=1S/C30H45N3O12/c1-4-10-37-16-22-43-25-19-40-13-7-31-28(34)32(8-14-41-20-26-44-23-17-38-11-5-2)30(36)33(29(31)35)9-15-42-21-27-45-24-18-39-12-6-3/h1-3H,7-27H2. The Labute approximate surface area is 263 Å². The summed E-state index contributed by atoms with van der Waals surface area (Å²) < 4.78 is 50.8. The summed E-state index contributed by atoms with van der Waals surface area (Å²) in [6.07, 6.45) is 15.3. The monoisotopic (exact) mass is 639 g/mol. The molecule has 0 atom stereocenters. The second-order valence-electron chi connectivity index (χ2n) is 8.75. The average molecular weight is 640 g/mol. The molecule has 45 heavy (non-hydrogen) atoms. The van der Waals surface area contributed by atoms with E-state index in [-0.39, 0.29) is 98.9 Å². The minimum Gasteiger partial charge on any atom is -0.377 e. The van der Waals surface area contributed by atoms with Crippen molar-refractivity contribution in [3.8, 4) is 37.0 Å². The number of rotatable bonds is 30. The van der Waals surface area contributed by atoms with Gasteiger partial charge in [-0.2, -0.15) is 0 Å². The molecule has 0 saturated heterocycles. The van der Waals surface area contributed by atoms with Gasteiger partial charge in [-0.15, -0.1) is 19.3 Å². The minimum atomic E-state index is -0.765. The van der Waals surface area contributed by atoms with Crippen molar-refractivity contribution in [3.05, 3.63) is 31.5 Å². The molecule has 252 valence electrons.